The first-order valence-electron chi connectivity index (χ1n) is 8.71. The van der Waals surface area contributed by atoms with Crippen molar-refractivity contribution in [3.8, 4) is 0 Å². The summed E-state index contributed by atoms with van der Waals surface area (Å²) in [5.74, 6) is -0.00213. The summed E-state index contributed by atoms with van der Waals surface area (Å²) in [7, 11) is 0. The van der Waals surface area contributed by atoms with Crippen LogP contribution >= 0.6 is 11.6 Å². The van der Waals surface area contributed by atoms with Crippen molar-refractivity contribution in [3.05, 3.63) is 28.8 Å². The Bertz CT molecular complexity index is 638. The molecule has 2 fully saturated rings. The van der Waals surface area contributed by atoms with Crippen LogP contribution in [-0.2, 0) is 14.3 Å². The Kier molecular flexibility index (Phi) is 5.93. The molecule has 136 valence electrons. The summed E-state index contributed by atoms with van der Waals surface area (Å²) in [6, 6.07) is 5.55. The number of rotatable bonds is 4. The van der Waals surface area contributed by atoms with Crippen LogP contribution in [0.4, 0.5) is 5.69 Å². The molecule has 2 saturated heterocycles. The number of carbonyl (C=O) groups is 2. The molecule has 0 saturated carbocycles. The Labute approximate surface area is 153 Å². The zero-order chi connectivity index (χ0) is 17.8. The smallest absolute Gasteiger partial charge is 0.251 e. The Balaban J connectivity index is 1.45. The zero-order valence-electron chi connectivity index (χ0n) is 14.5. The molecule has 1 N–H and O–H groups in total. The van der Waals surface area contributed by atoms with Gasteiger partial charge in [-0.05, 0) is 37.5 Å². The van der Waals surface area contributed by atoms with Crippen LogP contribution in [0, 0.1) is 6.92 Å². The van der Waals surface area contributed by atoms with E-state index in [-0.39, 0.29) is 17.9 Å². The van der Waals surface area contributed by atoms with Crippen LogP contribution in [0.3, 0.4) is 0 Å². The summed E-state index contributed by atoms with van der Waals surface area (Å²) in [6.07, 6.45) is 1.51. The number of nitrogens with one attached hydrogen (secondary N) is 1. The second kappa shape index (κ2) is 8.17. The molecule has 3 rings (SSSR count). The first-order valence-corrected chi connectivity index (χ1v) is 9.09. The van der Waals surface area contributed by atoms with Gasteiger partial charge >= 0.3 is 0 Å². The van der Waals surface area contributed by atoms with Crippen LogP contribution in [0.1, 0.15) is 18.4 Å². The number of halogens is 1. The fourth-order valence-electron chi connectivity index (χ4n) is 3.22. The summed E-state index contributed by atoms with van der Waals surface area (Å²) in [6.45, 7) is 5.58. The van der Waals surface area contributed by atoms with E-state index in [1.165, 1.54) is 0 Å². The number of carbonyl (C=O) groups excluding carboxylic acids is 2. The standard InChI is InChI=1S/C18H24ClN3O3/c1-13-4-5-15(14(19)11-13)20-17(23)12-21-6-8-22(9-7-21)18(24)16-3-2-10-25-16/h4-5,11,16H,2-3,6-10,12H2,1H3,(H,20,23)/t16-/m1/s1. The van der Waals surface area contributed by atoms with Crippen molar-refractivity contribution < 1.29 is 14.3 Å². The molecule has 1 atom stereocenters. The molecule has 0 spiro atoms. The van der Waals surface area contributed by atoms with Gasteiger partial charge in [0, 0.05) is 32.8 Å². The van der Waals surface area contributed by atoms with E-state index in [0.29, 0.717) is 50.0 Å². The molecule has 0 radical (unpaired) electrons. The number of anilines is 1. The van der Waals surface area contributed by atoms with Crippen LogP contribution in [-0.4, -0.2) is 67.0 Å². The van der Waals surface area contributed by atoms with E-state index in [9.17, 15) is 9.59 Å². The molecule has 2 amide bonds. The van der Waals surface area contributed by atoms with Crippen LogP contribution < -0.4 is 5.32 Å². The van der Waals surface area contributed by atoms with Crippen molar-refractivity contribution in [2.45, 2.75) is 25.9 Å². The first-order chi connectivity index (χ1) is 12.0. The quantitative estimate of drug-likeness (QED) is 0.885. The predicted molar refractivity (Wildman–Crippen MR) is 96.8 cm³/mol. The van der Waals surface area contributed by atoms with Crippen LogP contribution in [0.5, 0.6) is 0 Å². The fraction of sp³-hybridized carbons (Fsp3) is 0.556. The zero-order valence-corrected chi connectivity index (χ0v) is 15.2. The molecule has 2 heterocycles. The van der Waals surface area contributed by atoms with E-state index in [1.54, 1.807) is 0 Å². The molecule has 6 nitrogen and oxygen atoms in total. The number of ether oxygens (including phenoxy) is 1. The average molecular weight is 366 g/mol. The maximum absolute atomic E-state index is 12.3. The second-order valence-corrected chi connectivity index (χ2v) is 7.04. The maximum atomic E-state index is 12.3. The highest BCUT2D eigenvalue weighted by atomic mass is 35.5. The monoisotopic (exact) mass is 365 g/mol. The molecule has 0 aromatic heterocycles. The van der Waals surface area contributed by atoms with Gasteiger partial charge in [-0.2, -0.15) is 0 Å². The minimum atomic E-state index is -0.265. The first kappa shape index (κ1) is 18.2. The van der Waals surface area contributed by atoms with Gasteiger partial charge < -0.3 is 15.0 Å². The second-order valence-electron chi connectivity index (χ2n) is 6.63. The third kappa shape index (κ3) is 4.71. The molecule has 0 bridgehead atoms. The summed E-state index contributed by atoms with van der Waals surface area (Å²) in [4.78, 5) is 28.5. The van der Waals surface area contributed by atoms with Gasteiger partial charge in [0.05, 0.1) is 17.3 Å². The molecule has 25 heavy (non-hydrogen) atoms. The highest BCUT2D eigenvalue weighted by molar-refractivity contribution is 6.33. The van der Waals surface area contributed by atoms with Crippen molar-refractivity contribution in [2.75, 3.05) is 44.6 Å². The number of nitrogens with zero attached hydrogens (tertiary/aromatic N) is 2. The van der Waals surface area contributed by atoms with E-state index in [0.717, 1.165) is 18.4 Å². The van der Waals surface area contributed by atoms with E-state index >= 15 is 0 Å². The number of hydrogen-bond donors (Lipinski definition) is 1. The number of benzene rings is 1. The lowest BCUT2D eigenvalue weighted by atomic mass is 10.2. The molecule has 1 aromatic carbocycles. The van der Waals surface area contributed by atoms with Gasteiger partial charge in [-0.15, -0.1) is 0 Å². The molecule has 0 aliphatic carbocycles. The van der Waals surface area contributed by atoms with E-state index in [2.05, 4.69) is 10.2 Å². The van der Waals surface area contributed by atoms with Gasteiger partial charge in [-0.3, -0.25) is 14.5 Å². The molecular formula is C18H24ClN3O3. The molecule has 1 aromatic rings. The molecule has 2 aliphatic rings. The highest BCUT2D eigenvalue weighted by Crippen LogP contribution is 2.22. The lowest BCUT2D eigenvalue weighted by Crippen LogP contribution is -2.52. The summed E-state index contributed by atoms with van der Waals surface area (Å²) < 4.78 is 5.46. The molecular weight excluding hydrogens is 342 g/mol. The maximum Gasteiger partial charge on any atom is 0.251 e. The van der Waals surface area contributed by atoms with Gasteiger partial charge in [0.1, 0.15) is 6.10 Å². The van der Waals surface area contributed by atoms with Crippen molar-refractivity contribution in [1.82, 2.24) is 9.80 Å². The van der Waals surface area contributed by atoms with Crippen LogP contribution in [0.15, 0.2) is 18.2 Å². The number of piperazine rings is 1. The Hall–Kier alpha value is -1.63. The van der Waals surface area contributed by atoms with E-state index in [1.807, 2.05) is 30.0 Å². The van der Waals surface area contributed by atoms with Crippen LogP contribution in [0.25, 0.3) is 0 Å². The lowest BCUT2D eigenvalue weighted by Gasteiger charge is -2.35. The summed E-state index contributed by atoms with van der Waals surface area (Å²) in [5, 5.41) is 3.39. The fourth-order valence-corrected chi connectivity index (χ4v) is 3.50. The average Bonchev–Trinajstić information content (AvgIpc) is 3.12. The third-order valence-corrected chi connectivity index (χ3v) is 4.97. The van der Waals surface area contributed by atoms with Gasteiger partial charge in [0.15, 0.2) is 0 Å². The van der Waals surface area contributed by atoms with Crippen molar-refractivity contribution in [1.29, 1.82) is 0 Å². The lowest BCUT2D eigenvalue weighted by molar-refractivity contribution is -0.142. The minimum absolute atomic E-state index is 0.0908. The summed E-state index contributed by atoms with van der Waals surface area (Å²) >= 11 is 6.15. The Morgan fingerprint density at radius 1 is 1.28 bits per heavy atom. The Morgan fingerprint density at radius 3 is 2.68 bits per heavy atom. The topological polar surface area (TPSA) is 61.9 Å². The minimum Gasteiger partial charge on any atom is -0.368 e. The van der Waals surface area contributed by atoms with Gasteiger partial charge in [0.25, 0.3) is 5.91 Å². The molecule has 2 aliphatic heterocycles. The van der Waals surface area contributed by atoms with Crippen molar-refractivity contribution in [2.24, 2.45) is 0 Å². The van der Waals surface area contributed by atoms with Gasteiger partial charge in [-0.1, -0.05) is 17.7 Å². The SMILES string of the molecule is Cc1ccc(NC(=O)CN2CCN(C(=O)[C@H]3CCCO3)CC2)c(Cl)c1. The van der Waals surface area contributed by atoms with Gasteiger partial charge in [-0.25, -0.2) is 0 Å². The summed E-state index contributed by atoms with van der Waals surface area (Å²) in [5.41, 5.74) is 1.68. The van der Waals surface area contributed by atoms with E-state index < -0.39 is 0 Å². The van der Waals surface area contributed by atoms with Crippen molar-refractivity contribution in [3.63, 3.8) is 0 Å². The number of amides is 2. The van der Waals surface area contributed by atoms with E-state index in [4.69, 9.17) is 16.3 Å². The number of aryl methyl sites for hydroxylation is 1. The van der Waals surface area contributed by atoms with Crippen LogP contribution in [0.2, 0.25) is 5.02 Å². The largest absolute Gasteiger partial charge is 0.368 e. The normalized spacial score (nSPS) is 21.4. The Morgan fingerprint density at radius 2 is 2.04 bits per heavy atom. The predicted octanol–water partition coefficient (Wildman–Crippen LogP) is 1.91. The number of hydrogen-bond acceptors (Lipinski definition) is 4. The molecule has 7 heteroatoms. The van der Waals surface area contributed by atoms with Gasteiger partial charge in [0.2, 0.25) is 5.91 Å². The third-order valence-electron chi connectivity index (χ3n) is 4.65. The van der Waals surface area contributed by atoms with Crippen molar-refractivity contribution >= 4 is 29.1 Å². The highest BCUT2D eigenvalue weighted by Gasteiger charge is 2.30. The molecule has 0 unspecified atom stereocenters.